The first-order valence-corrected chi connectivity index (χ1v) is 6.49. The number of nitrogen functional groups attached to an aromatic ring is 1. The number of benzene rings is 1. The molecule has 0 saturated carbocycles. The number of aryl methyl sites for hydroxylation is 1. The van der Waals surface area contributed by atoms with Gasteiger partial charge in [-0.15, -0.1) is 0 Å². The lowest BCUT2D eigenvalue weighted by Gasteiger charge is -2.11. The molecular weight excluding hydrogens is 264 g/mol. The van der Waals surface area contributed by atoms with Gasteiger partial charge in [-0.1, -0.05) is 18.2 Å². The molecule has 2 aromatic heterocycles. The third kappa shape index (κ3) is 2.53. The number of hydrogen-bond donors (Lipinski definition) is 2. The van der Waals surface area contributed by atoms with Crippen molar-refractivity contribution in [2.24, 2.45) is 5.73 Å². The highest BCUT2D eigenvalue weighted by atomic mass is 16.5. The number of para-hydroxylation sites is 1. The van der Waals surface area contributed by atoms with E-state index in [0.29, 0.717) is 17.2 Å². The standard InChI is InChI=1S/C16H14N4O/c1-10-7-8-12(15(17)18)16(20-10)21-13-6-2-4-11-5-3-9-19-14(11)13/h2-9H,1H3,(H3,17,18). The molecule has 0 radical (unpaired) electrons. The molecule has 5 nitrogen and oxygen atoms in total. The van der Waals surface area contributed by atoms with Crippen molar-refractivity contribution in [1.82, 2.24) is 9.97 Å². The topological polar surface area (TPSA) is 84.9 Å². The lowest BCUT2D eigenvalue weighted by Crippen LogP contribution is -2.13. The molecule has 0 fully saturated rings. The van der Waals surface area contributed by atoms with Crippen molar-refractivity contribution in [1.29, 1.82) is 5.41 Å². The number of nitrogens with two attached hydrogens (primary N) is 1. The van der Waals surface area contributed by atoms with Gasteiger partial charge >= 0.3 is 0 Å². The number of amidine groups is 1. The first-order valence-electron chi connectivity index (χ1n) is 6.49. The number of pyridine rings is 2. The van der Waals surface area contributed by atoms with Gasteiger partial charge in [-0.3, -0.25) is 10.4 Å². The molecule has 3 aromatic rings. The zero-order valence-corrected chi connectivity index (χ0v) is 11.5. The minimum atomic E-state index is -0.0781. The summed E-state index contributed by atoms with van der Waals surface area (Å²) in [6, 6.07) is 13.0. The van der Waals surface area contributed by atoms with Crippen molar-refractivity contribution in [3.05, 3.63) is 59.9 Å². The quantitative estimate of drug-likeness (QED) is 0.569. The fourth-order valence-corrected chi connectivity index (χ4v) is 2.08. The van der Waals surface area contributed by atoms with Crippen LogP contribution in [0.25, 0.3) is 10.9 Å². The van der Waals surface area contributed by atoms with Gasteiger partial charge in [-0.2, -0.15) is 0 Å². The molecule has 1 aromatic carbocycles. The van der Waals surface area contributed by atoms with Gasteiger partial charge in [-0.25, -0.2) is 4.98 Å². The van der Waals surface area contributed by atoms with Gasteiger partial charge < -0.3 is 10.5 Å². The molecule has 21 heavy (non-hydrogen) atoms. The van der Waals surface area contributed by atoms with Crippen LogP contribution in [0.2, 0.25) is 0 Å². The number of nitrogens with zero attached hydrogens (tertiary/aromatic N) is 2. The minimum Gasteiger partial charge on any atom is -0.436 e. The molecule has 0 amide bonds. The van der Waals surface area contributed by atoms with Crippen molar-refractivity contribution in [3.8, 4) is 11.6 Å². The van der Waals surface area contributed by atoms with Crippen molar-refractivity contribution < 1.29 is 4.74 Å². The molecule has 3 N–H and O–H groups in total. The molecule has 0 aliphatic rings. The number of rotatable bonds is 3. The molecule has 3 rings (SSSR count). The van der Waals surface area contributed by atoms with Gasteiger partial charge in [0.1, 0.15) is 11.4 Å². The Kier molecular flexibility index (Phi) is 3.23. The Bertz CT molecular complexity index is 824. The second-order valence-corrected chi connectivity index (χ2v) is 4.65. The molecule has 0 aliphatic carbocycles. The summed E-state index contributed by atoms with van der Waals surface area (Å²) >= 11 is 0. The summed E-state index contributed by atoms with van der Waals surface area (Å²) in [4.78, 5) is 8.66. The molecule has 104 valence electrons. The van der Waals surface area contributed by atoms with E-state index in [-0.39, 0.29) is 5.84 Å². The van der Waals surface area contributed by atoms with Crippen LogP contribution in [0.3, 0.4) is 0 Å². The molecule has 0 saturated heterocycles. The highest BCUT2D eigenvalue weighted by molar-refractivity contribution is 5.97. The normalized spacial score (nSPS) is 10.5. The van der Waals surface area contributed by atoms with Gasteiger partial charge in [0.15, 0.2) is 5.75 Å². The third-order valence-corrected chi connectivity index (χ3v) is 3.09. The van der Waals surface area contributed by atoms with Crippen LogP contribution in [0.1, 0.15) is 11.3 Å². The predicted molar refractivity (Wildman–Crippen MR) is 81.8 cm³/mol. The van der Waals surface area contributed by atoms with Crippen LogP contribution < -0.4 is 10.5 Å². The van der Waals surface area contributed by atoms with E-state index in [9.17, 15) is 0 Å². The van der Waals surface area contributed by atoms with E-state index >= 15 is 0 Å². The van der Waals surface area contributed by atoms with Crippen LogP contribution in [0, 0.1) is 12.3 Å². The first kappa shape index (κ1) is 13.1. The van der Waals surface area contributed by atoms with Gasteiger partial charge in [0.25, 0.3) is 0 Å². The molecular formula is C16H14N4O. The van der Waals surface area contributed by atoms with Crippen molar-refractivity contribution in [3.63, 3.8) is 0 Å². The highest BCUT2D eigenvalue weighted by Crippen LogP contribution is 2.29. The molecule has 5 heteroatoms. The lowest BCUT2D eigenvalue weighted by atomic mass is 10.2. The van der Waals surface area contributed by atoms with Crippen molar-refractivity contribution in [2.45, 2.75) is 6.92 Å². The minimum absolute atomic E-state index is 0.0781. The Balaban J connectivity index is 2.11. The molecule has 0 bridgehead atoms. The summed E-state index contributed by atoms with van der Waals surface area (Å²) in [7, 11) is 0. The van der Waals surface area contributed by atoms with E-state index in [1.165, 1.54) is 0 Å². The first-order chi connectivity index (χ1) is 10.1. The van der Waals surface area contributed by atoms with E-state index in [2.05, 4.69) is 9.97 Å². The zero-order chi connectivity index (χ0) is 14.8. The summed E-state index contributed by atoms with van der Waals surface area (Å²) in [5, 5.41) is 8.60. The van der Waals surface area contributed by atoms with Crippen LogP contribution >= 0.6 is 0 Å². The molecule has 0 spiro atoms. The van der Waals surface area contributed by atoms with E-state index in [4.69, 9.17) is 15.9 Å². The predicted octanol–water partition coefficient (Wildman–Crippen LogP) is 3.01. The van der Waals surface area contributed by atoms with Gasteiger partial charge in [0.2, 0.25) is 5.88 Å². The zero-order valence-electron chi connectivity index (χ0n) is 11.5. The number of fused-ring (bicyclic) bond motifs is 1. The average molecular weight is 278 g/mol. The maximum atomic E-state index is 7.62. The SMILES string of the molecule is Cc1ccc(C(=N)N)c(Oc2cccc3cccnc23)n1. The van der Waals surface area contributed by atoms with Gasteiger partial charge in [-0.05, 0) is 31.2 Å². The van der Waals surface area contributed by atoms with Crippen LogP contribution in [-0.2, 0) is 0 Å². The fourth-order valence-electron chi connectivity index (χ4n) is 2.08. The summed E-state index contributed by atoms with van der Waals surface area (Å²) in [6.45, 7) is 1.86. The Morgan fingerprint density at radius 3 is 2.76 bits per heavy atom. The highest BCUT2D eigenvalue weighted by Gasteiger charge is 2.12. The number of ether oxygens (including phenoxy) is 1. The van der Waals surface area contributed by atoms with Crippen LogP contribution in [0.4, 0.5) is 0 Å². The maximum absolute atomic E-state index is 7.62. The monoisotopic (exact) mass is 278 g/mol. The lowest BCUT2D eigenvalue weighted by molar-refractivity contribution is 0.464. The second-order valence-electron chi connectivity index (χ2n) is 4.65. The summed E-state index contributed by atoms with van der Waals surface area (Å²) in [5.41, 5.74) is 7.59. The Morgan fingerprint density at radius 1 is 1.14 bits per heavy atom. The van der Waals surface area contributed by atoms with E-state index in [0.717, 1.165) is 16.6 Å². The Labute approximate surface area is 121 Å². The third-order valence-electron chi connectivity index (χ3n) is 3.09. The molecule has 0 atom stereocenters. The summed E-state index contributed by atoms with van der Waals surface area (Å²) in [5.74, 6) is 0.833. The molecule has 0 unspecified atom stereocenters. The molecule has 2 heterocycles. The Hall–Kier alpha value is -2.95. The number of aromatic nitrogens is 2. The second kappa shape index (κ2) is 5.20. The summed E-state index contributed by atoms with van der Waals surface area (Å²) < 4.78 is 5.87. The maximum Gasteiger partial charge on any atom is 0.230 e. The number of nitrogens with one attached hydrogen (secondary N) is 1. The smallest absolute Gasteiger partial charge is 0.230 e. The summed E-state index contributed by atoms with van der Waals surface area (Å²) in [6.07, 6.45) is 1.71. The molecule has 0 aliphatic heterocycles. The van der Waals surface area contributed by atoms with Crippen molar-refractivity contribution >= 4 is 16.7 Å². The van der Waals surface area contributed by atoms with E-state index in [1.807, 2.05) is 37.3 Å². The average Bonchev–Trinajstić information content (AvgIpc) is 2.47. The van der Waals surface area contributed by atoms with Gasteiger partial charge in [0, 0.05) is 17.3 Å². The Morgan fingerprint density at radius 2 is 1.95 bits per heavy atom. The van der Waals surface area contributed by atoms with Crippen LogP contribution in [0.15, 0.2) is 48.7 Å². The fraction of sp³-hybridized carbons (Fsp3) is 0.0625. The van der Waals surface area contributed by atoms with Crippen LogP contribution in [0.5, 0.6) is 11.6 Å². The van der Waals surface area contributed by atoms with E-state index < -0.39 is 0 Å². The van der Waals surface area contributed by atoms with Crippen LogP contribution in [-0.4, -0.2) is 15.8 Å². The van der Waals surface area contributed by atoms with E-state index in [1.54, 1.807) is 18.3 Å². The largest absolute Gasteiger partial charge is 0.436 e. The number of hydrogen-bond acceptors (Lipinski definition) is 4. The van der Waals surface area contributed by atoms with Crippen molar-refractivity contribution in [2.75, 3.05) is 0 Å². The van der Waals surface area contributed by atoms with Gasteiger partial charge in [0.05, 0.1) is 5.56 Å².